The fraction of sp³-hybridized carbons (Fsp3) is 0.545. The molecule has 1 heterocycles. The normalized spacial score (nSPS) is 11.4. The van der Waals surface area contributed by atoms with Crippen LogP contribution in [0.2, 0.25) is 0 Å². The van der Waals surface area contributed by atoms with Crippen LogP contribution in [0.5, 0.6) is 0 Å². The monoisotopic (exact) mass is 210 g/mol. The summed E-state index contributed by atoms with van der Waals surface area (Å²) in [6, 6.07) is 3.88. The molecular formula is C11H18N2O2. The quantitative estimate of drug-likeness (QED) is 0.739. The Morgan fingerprint density at radius 2 is 2.27 bits per heavy atom. The highest BCUT2D eigenvalue weighted by Crippen LogP contribution is 2.06. The molecule has 0 saturated heterocycles. The fourth-order valence-electron chi connectivity index (χ4n) is 1.15. The van der Waals surface area contributed by atoms with Crippen molar-refractivity contribution >= 4 is 5.97 Å². The van der Waals surface area contributed by atoms with E-state index in [0.717, 1.165) is 5.69 Å². The highest BCUT2D eigenvalue weighted by molar-refractivity contribution is 5.72. The largest absolute Gasteiger partial charge is 0.459 e. The summed E-state index contributed by atoms with van der Waals surface area (Å²) in [4.78, 5) is 14.3. The average molecular weight is 210 g/mol. The summed E-state index contributed by atoms with van der Waals surface area (Å²) in [5.74, 6) is -0.228. The van der Waals surface area contributed by atoms with Crippen LogP contribution in [-0.2, 0) is 16.1 Å². The van der Waals surface area contributed by atoms with Gasteiger partial charge in [0.15, 0.2) is 0 Å². The van der Waals surface area contributed by atoms with Crippen LogP contribution >= 0.6 is 0 Å². The van der Waals surface area contributed by atoms with E-state index in [0.29, 0.717) is 6.54 Å². The molecule has 0 spiro atoms. The van der Waals surface area contributed by atoms with Crippen molar-refractivity contribution in [1.29, 1.82) is 0 Å². The van der Waals surface area contributed by atoms with Gasteiger partial charge in [0.2, 0.25) is 0 Å². The summed E-state index contributed by atoms with van der Waals surface area (Å²) >= 11 is 0. The summed E-state index contributed by atoms with van der Waals surface area (Å²) < 4.78 is 5.15. The van der Waals surface area contributed by atoms with Gasteiger partial charge in [-0.1, -0.05) is 0 Å². The molecule has 1 aromatic rings. The highest BCUT2D eigenvalue weighted by Gasteiger charge is 2.15. The van der Waals surface area contributed by atoms with Gasteiger partial charge in [0.05, 0.1) is 6.54 Å². The van der Waals surface area contributed by atoms with E-state index in [1.165, 1.54) is 0 Å². The number of nitrogens with one attached hydrogen (secondary N) is 2. The van der Waals surface area contributed by atoms with Crippen molar-refractivity contribution in [3.05, 3.63) is 24.0 Å². The molecule has 1 rings (SSSR count). The summed E-state index contributed by atoms with van der Waals surface area (Å²) in [6.07, 6.45) is 1.85. The molecule has 0 fully saturated rings. The van der Waals surface area contributed by atoms with Crippen LogP contribution in [0.25, 0.3) is 0 Å². The van der Waals surface area contributed by atoms with Crippen LogP contribution < -0.4 is 5.32 Å². The first-order valence-corrected chi connectivity index (χ1v) is 5.02. The van der Waals surface area contributed by atoms with E-state index in [4.69, 9.17) is 4.74 Å². The van der Waals surface area contributed by atoms with Crippen molar-refractivity contribution in [3.8, 4) is 0 Å². The predicted molar refractivity (Wildman–Crippen MR) is 58.3 cm³/mol. The van der Waals surface area contributed by atoms with Gasteiger partial charge in [-0.05, 0) is 32.9 Å². The Kier molecular flexibility index (Phi) is 3.91. The molecule has 0 aliphatic carbocycles. The lowest BCUT2D eigenvalue weighted by Gasteiger charge is -2.19. The second-order valence-corrected chi connectivity index (χ2v) is 4.39. The Morgan fingerprint density at radius 3 is 2.80 bits per heavy atom. The molecule has 4 nitrogen and oxygen atoms in total. The fourth-order valence-corrected chi connectivity index (χ4v) is 1.15. The SMILES string of the molecule is CC(C)(C)OC(=O)CNCc1ccc[nH]1. The lowest BCUT2D eigenvalue weighted by atomic mass is 10.2. The second kappa shape index (κ2) is 4.98. The molecule has 15 heavy (non-hydrogen) atoms. The van der Waals surface area contributed by atoms with Crippen molar-refractivity contribution in [2.24, 2.45) is 0 Å². The maximum atomic E-state index is 11.3. The zero-order valence-corrected chi connectivity index (χ0v) is 9.46. The van der Waals surface area contributed by atoms with Crippen molar-refractivity contribution in [3.63, 3.8) is 0 Å². The van der Waals surface area contributed by atoms with Crippen LogP contribution in [0.15, 0.2) is 18.3 Å². The van der Waals surface area contributed by atoms with Crippen molar-refractivity contribution in [2.75, 3.05) is 6.54 Å². The van der Waals surface area contributed by atoms with E-state index in [1.807, 2.05) is 39.1 Å². The third kappa shape index (κ3) is 5.22. The standard InChI is InChI=1S/C11H18N2O2/c1-11(2,3)15-10(14)8-12-7-9-5-4-6-13-9/h4-6,12-13H,7-8H2,1-3H3. The second-order valence-electron chi connectivity index (χ2n) is 4.39. The van der Waals surface area contributed by atoms with Gasteiger partial charge in [0.1, 0.15) is 5.60 Å². The van der Waals surface area contributed by atoms with Gasteiger partial charge < -0.3 is 15.0 Å². The summed E-state index contributed by atoms with van der Waals surface area (Å²) in [5, 5.41) is 3.00. The zero-order chi connectivity index (χ0) is 11.3. The molecular weight excluding hydrogens is 192 g/mol. The van der Waals surface area contributed by atoms with Crippen molar-refractivity contribution in [2.45, 2.75) is 32.9 Å². The number of carbonyl (C=O) groups is 1. The summed E-state index contributed by atoms with van der Waals surface area (Å²) in [7, 11) is 0. The van der Waals surface area contributed by atoms with Gasteiger partial charge in [-0.15, -0.1) is 0 Å². The molecule has 2 N–H and O–H groups in total. The first-order valence-electron chi connectivity index (χ1n) is 5.02. The lowest BCUT2D eigenvalue weighted by Crippen LogP contribution is -2.31. The molecule has 0 aromatic carbocycles. The van der Waals surface area contributed by atoms with Crippen molar-refractivity contribution < 1.29 is 9.53 Å². The topological polar surface area (TPSA) is 54.1 Å². The number of ether oxygens (including phenoxy) is 1. The molecule has 0 radical (unpaired) electrons. The van der Waals surface area contributed by atoms with E-state index in [1.54, 1.807) is 0 Å². The molecule has 0 aliphatic heterocycles. The molecule has 0 atom stereocenters. The number of esters is 1. The number of hydrogen-bond donors (Lipinski definition) is 2. The molecule has 0 saturated carbocycles. The third-order valence-corrected chi connectivity index (χ3v) is 1.67. The molecule has 0 bridgehead atoms. The van der Waals surface area contributed by atoms with Crippen LogP contribution in [0, 0.1) is 0 Å². The van der Waals surface area contributed by atoms with Gasteiger partial charge in [0, 0.05) is 18.4 Å². The van der Waals surface area contributed by atoms with Gasteiger partial charge >= 0.3 is 5.97 Å². The van der Waals surface area contributed by atoms with Crippen LogP contribution in [0.1, 0.15) is 26.5 Å². The Balaban J connectivity index is 2.18. The van der Waals surface area contributed by atoms with E-state index < -0.39 is 5.60 Å². The summed E-state index contributed by atoms with van der Waals surface area (Å²) in [5.41, 5.74) is 0.643. The molecule has 4 heteroatoms. The number of H-pyrrole nitrogens is 1. The van der Waals surface area contributed by atoms with E-state index in [-0.39, 0.29) is 12.5 Å². The predicted octanol–water partition coefficient (Wildman–Crippen LogP) is 1.45. The smallest absolute Gasteiger partial charge is 0.320 e. The van der Waals surface area contributed by atoms with E-state index in [9.17, 15) is 4.79 Å². The van der Waals surface area contributed by atoms with Gasteiger partial charge in [-0.25, -0.2) is 0 Å². The van der Waals surface area contributed by atoms with Crippen molar-refractivity contribution in [1.82, 2.24) is 10.3 Å². The Labute approximate surface area is 90.0 Å². The first kappa shape index (κ1) is 11.8. The minimum atomic E-state index is -0.412. The number of rotatable bonds is 4. The van der Waals surface area contributed by atoms with E-state index >= 15 is 0 Å². The lowest BCUT2D eigenvalue weighted by molar-refractivity contribution is -0.153. The minimum absolute atomic E-state index is 0.228. The molecule has 0 aliphatic rings. The van der Waals surface area contributed by atoms with Gasteiger partial charge in [-0.2, -0.15) is 0 Å². The number of aromatic nitrogens is 1. The maximum absolute atomic E-state index is 11.3. The number of hydrogen-bond acceptors (Lipinski definition) is 3. The summed E-state index contributed by atoms with van der Waals surface area (Å²) in [6.45, 7) is 6.45. The molecule has 84 valence electrons. The molecule has 1 aromatic heterocycles. The number of carbonyl (C=O) groups excluding carboxylic acids is 1. The van der Waals surface area contributed by atoms with Crippen LogP contribution in [0.4, 0.5) is 0 Å². The molecule has 0 amide bonds. The Morgan fingerprint density at radius 1 is 1.53 bits per heavy atom. The van der Waals surface area contributed by atoms with Gasteiger partial charge in [0.25, 0.3) is 0 Å². The van der Waals surface area contributed by atoms with E-state index in [2.05, 4.69) is 10.3 Å². The van der Waals surface area contributed by atoms with Gasteiger partial charge in [-0.3, -0.25) is 4.79 Å². The highest BCUT2D eigenvalue weighted by atomic mass is 16.6. The maximum Gasteiger partial charge on any atom is 0.320 e. The van der Waals surface area contributed by atoms with Crippen LogP contribution in [-0.4, -0.2) is 23.1 Å². The first-order chi connectivity index (χ1) is 6.97. The third-order valence-electron chi connectivity index (χ3n) is 1.67. The Hall–Kier alpha value is -1.29. The minimum Gasteiger partial charge on any atom is -0.459 e. The Bertz CT molecular complexity index is 299. The number of aromatic amines is 1. The zero-order valence-electron chi connectivity index (χ0n) is 9.46. The average Bonchev–Trinajstić information content (AvgIpc) is 2.53. The molecule has 0 unspecified atom stereocenters. The van der Waals surface area contributed by atoms with Crippen LogP contribution in [0.3, 0.4) is 0 Å².